The monoisotopic (exact) mass is 380 g/mol. The van der Waals surface area contributed by atoms with Crippen LogP contribution in [0.25, 0.3) is 11.5 Å². The average molecular weight is 381 g/mol. The van der Waals surface area contributed by atoms with Crippen molar-refractivity contribution in [3.8, 4) is 11.5 Å². The Bertz CT molecular complexity index is 986. The molecule has 0 bridgehead atoms. The number of aromatic nitrogens is 3. The summed E-state index contributed by atoms with van der Waals surface area (Å²) >= 11 is 4.88. The topological polar surface area (TPSA) is 77.9 Å². The molecule has 1 aliphatic heterocycles. The van der Waals surface area contributed by atoms with Gasteiger partial charge < -0.3 is 10.8 Å². The van der Waals surface area contributed by atoms with E-state index in [2.05, 4.69) is 32.2 Å². The predicted molar refractivity (Wildman–Crippen MR) is 93.1 cm³/mol. The number of rotatable bonds is 3. The molecule has 0 aliphatic carbocycles. The summed E-state index contributed by atoms with van der Waals surface area (Å²) in [6, 6.07) is 12.2. The minimum absolute atomic E-state index is 0. The van der Waals surface area contributed by atoms with Crippen LogP contribution in [-0.2, 0) is 19.5 Å². The number of H-pyrrole nitrogens is 2. The van der Waals surface area contributed by atoms with E-state index in [0.717, 1.165) is 37.3 Å². The van der Waals surface area contributed by atoms with Gasteiger partial charge in [0, 0.05) is 31.7 Å². The molecular weight excluding hydrogens is 363 g/mol. The van der Waals surface area contributed by atoms with Gasteiger partial charge in [0.05, 0.1) is 0 Å². The van der Waals surface area contributed by atoms with E-state index >= 15 is 0 Å². The number of benzene rings is 1. The Hall–Kier alpha value is -0.874. The fourth-order valence-corrected chi connectivity index (χ4v) is 3.17. The van der Waals surface area contributed by atoms with E-state index in [-0.39, 0.29) is 69.1 Å². The van der Waals surface area contributed by atoms with E-state index in [1.54, 1.807) is 0 Å². The van der Waals surface area contributed by atoms with Crippen molar-refractivity contribution >= 4 is 12.2 Å². The molecule has 8 heteroatoms. The molecule has 6 nitrogen and oxygen atoms in total. The molecule has 124 valence electrons. The molecule has 0 spiro atoms. The Balaban J connectivity index is 0.00000121. The van der Waals surface area contributed by atoms with Gasteiger partial charge in [-0.2, -0.15) is 0 Å². The zero-order valence-electron chi connectivity index (χ0n) is 14.9. The fourth-order valence-electron chi connectivity index (χ4n) is 3.05. The first-order valence-electron chi connectivity index (χ1n) is 7.76. The quantitative estimate of drug-likeness (QED) is 0.485. The summed E-state index contributed by atoms with van der Waals surface area (Å²) in [5.74, 6) is 0.226. The Morgan fingerprint density at radius 3 is 2.84 bits per heavy atom. The van der Waals surface area contributed by atoms with Crippen LogP contribution in [0.15, 0.2) is 45.6 Å². The summed E-state index contributed by atoms with van der Waals surface area (Å²) in [5, 5.41) is 6.50. The van der Waals surface area contributed by atoms with E-state index < -0.39 is 0 Å². The largest absolute Gasteiger partial charge is 1.00 e. The number of hydrogen-bond acceptors (Lipinski definition) is 5. The number of aromatic amines is 2. The summed E-state index contributed by atoms with van der Waals surface area (Å²) in [7, 11) is 0. The molecule has 2 aromatic heterocycles. The Morgan fingerprint density at radius 1 is 1.32 bits per heavy atom. The first-order chi connectivity index (χ1) is 11.7. The summed E-state index contributed by atoms with van der Waals surface area (Å²) < 4.78 is 5.28. The zero-order valence-corrected chi connectivity index (χ0v) is 17.9. The second-order valence-electron chi connectivity index (χ2n) is 5.88. The summed E-state index contributed by atoms with van der Waals surface area (Å²) in [5.41, 5.74) is 3.57. The van der Waals surface area contributed by atoms with Crippen molar-refractivity contribution in [3.63, 3.8) is 0 Å². The van der Waals surface area contributed by atoms with E-state index in [9.17, 15) is 4.79 Å². The maximum absolute atomic E-state index is 12.3. The molecule has 25 heavy (non-hydrogen) atoms. The molecule has 0 saturated heterocycles. The molecule has 0 saturated carbocycles. The Morgan fingerprint density at radius 2 is 2.12 bits per heavy atom. The van der Waals surface area contributed by atoms with E-state index in [0.29, 0.717) is 5.56 Å². The molecule has 3 heterocycles. The van der Waals surface area contributed by atoms with E-state index in [1.807, 2.05) is 24.3 Å². The van der Waals surface area contributed by atoms with Gasteiger partial charge in [0.15, 0.2) is 0 Å². The van der Waals surface area contributed by atoms with E-state index in [4.69, 9.17) is 16.6 Å². The minimum atomic E-state index is -0.199. The van der Waals surface area contributed by atoms with Crippen LogP contribution >= 0.6 is 12.2 Å². The zero-order chi connectivity index (χ0) is 16.5. The van der Waals surface area contributed by atoms with Gasteiger partial charge in [-0.1, -0.05) is 30.3 Å². The molecule has 0 fully saturated rings. The average Bonchev–Trinajstić information content (AvgIpc) is 3.02. The fraction of sp³-hybridized carbons (Fsp3) is 0.235. The number of pyridine rings is 1. The SMILES string of the molecule is O=c1[nH]c2c(cc1-c1n[nH]c(=S)o1)CN(Cc1ccccc1)CC2.[H-].[K+]. The van der Waals surface area contributed by atoms with Crippen LogP contribution < -0.4 is 56.9 Å². The van der Waals surface area contributed by atoms with E-state index in [1.165, 1.54) is 5.56 Å². The third-order valence-corrected chi connectivity index (χ3v) is 4.38. The number of nitrogens with zero attached hydrogens (tertiary/aromatic N) is 2. The molecule has 0 radical (unpaired) electrons. The van der Waals surface area contributed by atoms with Crippen molar-refractivity contribution in [3.05, 3.63) is 68.4 Å². The van der Waals surface area contributed by atoms with Gasteiger partial charge in [-0.05, 0) is 29.4 Å². The van der Waals surface area contributed by atoms with Gasteiger partial charge in [0.2, 0.25) is 0 Å². The number of hydrogen-bond donors (Lipinski definition) is 2. The summed E-state index contributed by atoms with van der Waals surface area (Å²) in [6.07, 6.45) is 0.821. The van der Waals surface area contributed by atoms with Gasteiger partial charge in [-0.15, -0.1) is 5.10 Å². The maximum atomic E-state index is 12.3. The van der Waals surface area contributed by atoms with Crippen molar-refractivity contribution in [2.75, 3.05) is 6.54 Å². The van der Waals surface area contributed by atoms with Crippen molar-refractivity contribution in [1.82, 2.24) is 20.1 Å². The molecule has 0 unspecified atom stereocenters. The maximum Gasteiger partial charge on any atom is 1.00 e. The second-order valence-corrected chi connectivity index (χ2v) is 6.25. The molecule has 1 aliphatic rings. The Kier molecular flexibility index (Phi) is 6.21. The molecular formula is C17H17KN4O2S. The molecule has 4 rings (SSSR count). The normalized spacial score (nSPS) is 13.9. The van der Waals surface area contributed by atoms with Crippen LogP contribution in [0.3, 0.4) is 0 Å². The molecule has 0 atom stereocenters. The van der Waals surface area contributed by atoms with Gasteiger partial charge in [-0.25, -0.2) is 5.10 Å². The van der Waals surface area contributed by atoms with Crippen LogP contribution in [0, 0.1) is 4.84 Å². The molecule has 2 N–H and O–H groups in total. The van der Waals surface area contributed by atoms with Crippen molar-refractivity contribution < 1.29 is 57.2 Å². The van der Waals surface area contributed by atoms with Gasteiger partial charge in [0.1, 0.15) is 5.56 Å². The van der Waals surface area contributed by atoms with Crippen molar-refractivity contribution in [2.45, 2.75) is 19.5 Å². The third-order valence-electron chi connectivity index (χ3n) is 4.20. The molecule has 1 aromatic carbocycles. The van der Waals surface area contributed by atoms with Gasteiger partial charge in [-0.3, -0.25) is 9.69 Å². The third kappa shape index (κ3) is 4.28. The predicted octanol–water partition coefficient (Wildman–Crippen LogP) is -0.238. The molecule has 0 amide bonds. The smallest absolute Gasteiger partial charge is 1.00 e. The van der Waals surface area contributed by atoms with Crippen LogP contribution in [0.2, 0.25) is 0 Å². The summed E-state index contributed by atoms with van der Waals surface area (Å²) in [4.78, 5) is 17.7. The summed E-state index contributed by atoms with van der Waals surface area (Å²) in [6.45, 7) is 2.58. The van der Waals surface area contributed by atoms with Crippen molar-refractivity contribution in [1.29, 1.82) is 0 Å². The molecule has 3 aromatic rings. The van der Waals surface area contributed by atoms with Crippen molar-refractivity contribution in [2.24, 2.45) is 0 Å². The number of fused-ring (bicyclic) bond motifs is 1. The van der Waals surface area contributed by atoms with Crippen LogP contribution in [0.5, 0.6) is 0 Å². The second kappa shape index (κ2) is 8.21. The first kappa shape index (κ1) is 18.9. The first-order valence-corrected chi connectivity index (χ1v) is 8.17. The minimum Gasteiger partial charge on any atom is -1.00 e. The number of nitrogens with one attached hydrogen (secondary N) is 2. The van der Waals surface area contributed by atoms with Crippen LogP contribution in [0.4, 0.5) is 0 Å². The standard InChI is InChI=1S/C17H16N4O2S.K.H/c22-15-13(16-19-20-17(24)23-16)8-12-10-21(7-6-14(12)18-15)9-11-4-2-1-3-5-11;;/h1-5,8H,6-7,9-10H2,(H,18,22)(H,20,24);;/q;+1;-1. The van der Waals surface area contributed by atoms with Crippen LogP contribution in [-0.4, -0.2) is 26.6 Å². The Labute approximate surface area is 193 Å². The van der Waals surface area contributed by atoms with Crippen LogP contribution in [0.1, 0.15) is 18.2 Å². The van der Waals surface area contributed by atoms with Gasteiger partial charge >= 0.3 is 51.4 Å². The van der Waals surface area contributed by atoms with Gasteiger partial charge in [0.25, 0.3) is 16.3 Å².